The van der Waals surface area contributed by atoms with Crippen LogP contribution in [-0.2, 0) is 24.3 Å². The highest BCUT2D eigenvalue weighted by Gasteiger charge is 2.31. The molecule has 28 heavy (non-hydrogen) atoms. The first-order valence-electron chi connectivity index (χ1n) is 8.43. The number of nitrogens with zero attached hydrogens (tertiary/aromatic N) is 1. The number of ether oxygens (including phenoxy) is 3. The maximum Gasteiger partial charge on any atom is 0.347 e. The molecule has 0 amide bonds. The molecule has 1 atom stereocenters. The second-order valence-electron chi connectivity index (χ2n) is 6.05. The van der Waals surface area contributed by atoms with Gasteiger partial charge in [0, 0.05) is 13.5 Å². The van der Waals surface area contributed by atoms with E-state index >= 15 is 0 Å². The summed E-state index contributed by atoms with van der Waals surface area (Å²) in [5, 5.41) is 0. The number of carbonyl (C=O) groups excluding carboxylic acids is 2. The van der Waals surface area contributed by atoms with Crippen LogP contribution in [0.25, 0.3) is 0 Å². The monoisotopic (exact) mass is 405 g/mol. The van der Waals surface area contributed by atoms with Gasteiger partial charge in [0.25, 0.3) is 10.0 Å². The standard InChI is InChI=1S/C19H19NO7S/c1-20(14-6-8-15(25-2)9-7-14)28(23,24)16-5-3-4-13(12-16)18(21)27-17-10-11-26-19(17)22/h3-9,12,17H,10-11H2,1-2H3/t17-/m0/s1. The molecule has 1 aliphatic heterocycles. The maximum atomic E-state index is 12.9. The molecule has 3 rings (SSSR count). The van der Waals surface area contributed by atoms with E-state index in [1.54, 1.807) is 24.3 Å². The number of hydrogen-bond donors (Lipinski definition) is 0. The van der Waals surface area contributed by atoms with Crippen molar-refractivity contribution in [1.82, 2.24) is 0 Å². The molecule has 0 aliphatic carbocycles. The van der Waals surface area contributed by atoms with E-state index in [1.807, 2.05) is 0 Å². The minimum atomic E-state index is -3.91. The van der Waals surface area contributed by atoms with Crippen molar-refractivity contribution >= 4 is 27.6 Å². The summed E-state index contributed by atoms with van der Waals surface area (Å²) in [6, 6.07) is 12.0. The Balaban J connectivity index is 1.82. The Bertz CT molecular complexity index is 986. The predicted octanol–water partition coefficient (Wildman–Crippen LogP) is 1.99. The first-order chi connectivity index (χ1) is 13.3. The van der Waals surface area contributed by atoms with Crippen LogP contribution < -0.4 is 9.04 Å². The molecule has 0 aromatic heterocycles. The average molecular weight is 405 g/mol. The van der Waals surface area contributed by atoms with Crippen molar-refractivity contribution < 1.29 is 32.2 Å². The predicted molar refractivity (Wildman–Crippen MR) is 99.8 cm³/mol. The minimum absolute atomic E-state index is 0.0314. The summed E-state index contributed by atoms with van der Waals surface area (Å²) in [5.41, 5.74) is 0.464. The molecule has 1 aliphatic rings. The number of cyclic esters (lactones) is 1. The lowest BCUT2D eigenvalue weighted by Gasteiger charge is -2.20. The van der Waals surface area contributed by atoms with Gasteiger partial charge in [-0.15, -0.1) is 0 Å². The SMILES string of the molecule is COc1ccc(N(C)S(=O)(=O)c2cccc(C(=O)O[C@H]3CCOC3=O)c2)cc1. The summed E-state index contributed by atoms with van der Waals surface area (Å²) >= 11 is 0. The van der Waals surface area contributed by atoms with E-state index in [0.717, 1.165) is 4.31 Å². The van der Waals surface area contributed by atoms with Gasteiger partial charge in [-0.05, 0) is 42.5 Å². The van der Waals surface area contributed by atoms with Crippen molar-refractivity contribution in [2.75, 3.05) is 25.1 Å². The highest BCUT2D eigenvalue weighted by Crippen LogP contribution is 2.25. The lowest BCUT2D eigenvalue weighted by molar-refractivity contribution is -0.145. The van der Waals surface area contributed by atoms with Crippen LogP contribution in [0.1, 0.15) is 16.8 Å². The first-order valence-corrected chi connectivity index (χ1v) is 9.87. The van der Waals surface area contributed by atoms with Crippen molar-refractivity contribution in [2.45, 2.75) is 17.4 Å². The number of sulfonamides is 1. The number of benzene rings is 2. The lowest BCUT2D eigenvalue weighted by atomic mass is 10.2. The van der Waals surface area contributed by atoms with Crippen molar-refractivity contribution in [3.8, 4) is 5.75 Å². The van der Waals surface area contributed by atoms with Crippen LogP contribution in [0, 0.1) is 0 Å². The Kier molecular flexibility index (Phi) is 5.55. The Hall–Kier alpha value is -3.07. The van der Waals surface area contributed by atoms with Crippen molar-refractivity contribution in [3.05, 3.63) is 54.1 Å². The fourth-order valence-corrected chi connectivity index (χ4v) is 3.90. The zero-order valence-electron chi connectivity index (χ0n) is 15.3. The largest absolute Gasteiger partial charge is 0.497 e. The summed E-state index contributed by atoms with van der Waals surface area (Å²) < 4.78 is 41.9. The molecule has 0 unspecified atom stereocenters. The summed E-state index contributed by atoms with van der Waals surface area (Å²) in [4.78, 5) is 23.7. The fourth-order valence-electron chi connectivity index (χ4n) is 2.65. The number of methoxy groups -OCH3 is 1. The van der Waals surface area contributed by atoms with E-state index < -0.39 is 28.1 Å². The normalized spacial score (nSPS) is 16.4. The van der Waals surface area contributed by atoms with Gasteiger partial charge in [-0.25, -0.2) is 18.0 Å². The van der Waals surface area contributed by atoms with Gasteiger partial charge < -0.3 is 14.2 Å². The average Bonchev–Trinajstić information content (AvgIpc) is 3.12. The summed E-state index contributed by atoms with van der Waals surface area (Å²) in [6.45, 7) is 0.192. The van der Waals surface area contributed by atoms with Crippen LogP contribution in [0.5, 0.6) is 5.75 Å². The van der Waals surface area contributed by atoms with Gasteiger partial charge in [-0.3, -0.25) is 4.31 Å². The number of hydrogen-bond acceptors (Lipinski definition) is 7. The zero-order chi connectivity index (χ0) is 20.3. The van der Waals surface area contributed by atoms with Crippen LogP contribution in [-0.4, -0.2) is 47.2 Å². The molecule has 8 nitrogen and oxygen atoms in total. The molecule has 0 saturated carbocycles. The Morgan fingerprint density at radius 1 is 1.18 bits per heavy atom. The third-order valence-electron chi connectivity index (χ3n) is 4.30. The van der Waals surface area contributed by atoms with Crippen LogP contribution >= 0.6 is 0 Å². The minimum Gasteiger partial charge on any atom is -0.497 e. The fraction of sp³-hybridized carbons (Fsp3) is 0.263. The topological polar surface area (TPSA) is 99.2 Å². The van der Waals surface area contributed by atoms with Gasteiger partial charge in [-0.1, -0.05) is 6.07 Å². The van der Waals surface area contributed by atoms with Gasteiger partial charge in [-0.2, -0.15) is 0 Å². The number of esters is 2. The van der Waals surface area contributed by atoms with Crippen molar-refractivity contribution in [2.24, 2.45) is 0 Å². The molecule has 9 heteroatoms. The number of rotatable bonds is 6. The third-order valence-corrected chi connectivity index (χ3v) is 6.08. The Labute approximate surface area is 162 Å². The summed E-state index contributed by atoms with van der Waals surface area (Å²) in [6.07, 6.45) is -0.683. The second-order valence-corrected chi connectivity index (χ2v) is 8.02. The van der Waals surface area contributed by atoms with E-state index in [1.165, 1.54) is 38.4 Å². The van der Waals surface area contributed by atoms with E-state index in [9.17, 15) is 18.0 Å². The molecule has 2 aromatic carbocycles. The first kappa shape index (κ1) is 19.7. The molecular formula is C19H19NO7S. The highest BCUT2D eigenvalue weighted by atomic mass is 32.2. The molecule has 0 spiro atoms. The maximum absolute atomic E-state index is 12.9. The molecule has 148 valence electrons. The van der Waals surface area contributed by atoms with E-state index in [4.69, 9.17) is 14.2 Å². The smallest absolute Gasteiger partial charge is 0.347 e. The van der Waals surface area contributed by atoms with Gasteiger partial charge in [0.05, 0.1) is 29.9 Å². The van der Waals surface area contributed by atoms with Crippen LogP contribution in [0.15, 0.2) is 53.4 Å². The van der Waals surface area contributed by atoms with Crippen LogP contribution in [0.2, 0.25) is 0 Å². The van der Waals surface area contributed by atoms with E-state index in [0.29, 0.717) is 11.4 Å². The highest BCUT2D eigenvalue weighted by molar-refractivity contribution is 7.92. The van der Waals surface area contributed by atoms with Crippen molar-refractivity contribution in [1.29, 1.82) is 0 Å². The van der Waals surface area contributed by atoms with E-state index in [2.05, 4.69) is 0 Å². The Morgan fingerprint density at radius 3 is 2.50 bits per heavy atom. The zero-order valence-corrected chi connectivity index (χ0v) is 16.1. The number of anilines is 1. The van der Waals surface area contributed by atoms with Crippen molar-refractivity contribution in [3.63, 3.8) is 0 Å². The molecular weight excluding hydrogens is 386 g/mol. The van der Waals surface area contributed by atoms with Crippen LogP contribution in [0.4, 0.5) is 5.69 Å². The molecule has 1 fully saturated rings. The molecule has 1 heterocycles. The molecule has 2 aromatic rings. The van der Waals surface area contributed by atoms with Crippen LogP contribution in [0.3, 0.4) is 0 Å². The summed E-state index contributed by atoms with van der Waals surface area (Å²) in [7, 11) is -0.980. The Morgan fingerprint density at radius 2 is 1.89 bits per heavy atom. The quantitative estimate of drug-likeness (QED) is 0.678. The van der Waals surface area contributed by atoms with Gasteiger partial charge in [0.15, 0.2) is 0 Å². The van der Waals surface area contributed by atoms with Gasteiger partial charge >= 0.3 is 11.9 Å². The number of carbonyl (C=O) groups is 2. The molecule has 0 N–H and O–H groups in total. The molecule has 1 saturated heterocycles. The molecule has 0 bridgehead atoms. The summed E-state index contributed by atoms with van der Waals surface area (Å²) in [5.74, 6) is -0.783. The van der Waals surface area contributed by atoms with Gasteiger partial charge in [0.1, 0.15) is 5.75 Å². The third kappa shape index (κ3) is 3.94. The van der Waals surface area contributed by atoms with Gasteiger partial charge in [0.2, 0.25) is 6.10 Å². The lowest BCUT2D eigenvalue weighted by Crippen LogP contribution is -2.27. The molecule has 0 radical (unpaired) electrons. The van der Waals surface area contributed by atoms with E-state index in [-0.39, 0.29) is 23.5 Å². The second kappa shape index (κ2) is 7.89.